The summed E-state index contributed by atoms with van der Waals surface area (Å²) < 4.78 is 0. The molecule has 1 N–H and O–H groups in total. The summed E-state index contributed by atoms with van der Waals surface area (Å²) in [7, 11) is 0. The van der Waals surface area contributed by atoms with Crippen LogP contribution in [0.4, 0.5) is 0 Å². The lowest BCUT2D eigenvalue weighted by molar-refractivity contribution is 0.634. The van der Waals surface area contributed by atoms with E-state index in [-0.39, 0.29) is 6.04 Å². The molecule has 14 heavy (non-hydrogen) atoms. The Morgan fingerprint density at radius 1 is 1.64 bits per heavy atom. The zero-order valence-electron chi connectivity index (χ0n) is 8.29. The normalized spacial score (nSPS) is 17.7. The molecule has 0 aliphatic heterocycles. The van der Waals surface area contributed by atoms with Crippen LogP contribution in [0.3, 0.4) is 0 Å². The first-order valence-electron chi connectivity index (χ1n) is 5.07. The second kappa shape index (κ2) is 4.12. The minimum atomic E-state index is -0.0900. The van der Waals surface area contributed by atoms with Crippen molar-refractivity contribution < 1.29 is 0 Å². The summed E-state index contributed by atoms with van der Waals surface area (Å²) in [5.41, 5.74) is 0. The summed E-state index contributed by atoms with van der Waals surface area (Å²) in [6.07, 6.45) is 3.51. The summed E-state index contributed by atoms with van der Waals surface area (Å²) in [5, 5.41) is 12.4. The minimum Gasteiger partial charge on any atom is -0.295 e. The molecule has 0 bridgehead atoms. The third kappa shape index (κ3) is 2.14. The molecule has 1 aliphatic rings. The maximum atomic E-state index is 9.03. The average molecular weight is 206 g/mol. The topological polar surface area (TPSA) is 35.8 Å². The van der Waals surface area contributed by atoms with Crippen LogP contribution in [0, 0.1) is 11.3 Å². The van der Waals surface area contributed by atoms with Crippen molar-refractivity contribution in [1.82, 2.24) is 5.32 Å². The highest BCUT2D eigenvalue weighted by molar-refractivity contribution is 7.12. The fourth-order valence-corrected chi connectivity index (χ4v) is 2.37. The van der Waals surface area contributed by atoms with Crippen molar-refractivity contribution in [2.75, 3.05) is 0 Å². The Balaban J connectivity index is 2.06. The Kier molecular flexibility index (Phi) is 2.85. The second-order valence-corrected chi connectivity index (χ2v) is 4.86. The van der Waals surface area contributed by atoms with Crippen LogP contribution >= 0.6 is 11.3 Å². The van der Waals surface area contributed by atoms with Crippen LogP contribution in [0.25, 0.3) is 0 Å². The van der Waals surface area contributed by atoms with Crippen molar-refractivity contribution >= 4 is 11.3 Å². The smallest absolute Gasteiger partial charge is 0.130 e. The largest absolute Gasteiger partial charge is 0.295 e. The molecule has 0 amide bonds. The molecule has 0 spiro atoms. The fourth-order valence-electron chi connectivity index (χ4n) is 1.41. The van der Waals surface area contributed by atoms with Gasteiger partial charge in [0.1, 0.15) is 6.04 Å². The van der Waals surface area contributed by atoms with Gasteiger partial charge in [0.15, 0.2) is 0 Å². The van der Waals surface area contributed by atoms with E-state index in [0.29, 0.717) is 6.04 Å². The first-order valence-corrected chi connectivity index (χ1v) is 5.89. The maximum absolute atomic E-state index is 9.03. The molecule has 2 nitrogen and oxygen atoms in total. The second-order valence-electron chi connectivity index (χ2n) is 3.66. The van der Waals surface area contributed by atoms with Crippen LogP contribution in [0.2, 0.25) is 0 Å². The quantitative estimate of drug-likeness (QED) is 0.822. The van der Waals surface area contributed by atoms with Gasteiger partial charge < -0.3 is 0 Å². The summed E-state index contributed by atoms with van der Waals surface area (Å²) in [5.74, 6) is 0. The van der Waals surface area contributed by atoms with Gasteiger partial charge >= 0.3 is 0 Å². The molecule has 0 aromatic carbocycles. The van der Waals surface area contributed by atoms with Crippen molar-refractivity contribution in [3.63, 3.8) is 0 Å². The Morgan fingerprint density at radius 3 is 2.93 bits per heavy atom. The molecule has 1 aromatic rings. The van der Waals surface area contributed by atoms with E-state index < -0.39 is 0 Å². The van der Waals surface area contributed by atoms with Crippen LogP contribution in [0.15, 0.2) is 12.1 Å². The zero-order chi connectivity index (χ0) is 9.97. The molecule has 74 valence electrons. The zero-order valence-corrected chi connectivity index (χ0v) is 9.10. The number of hydrogen-bond acceptors (Lipinski definition) is 3. The minimum absolute atomic E-state index is 0.0900. The molecular formula is C11H14N2S. The van der Waals surface area contributed by atoms with Crippen molar-refractivity contribution in [2.45, 2.75) is 38.3 Å². The van der Waals surface area contributed by atoms with Crippen LogP contribution < -0.4 is 5.32 Å². The van der Waals surface area contributed by atoms with Gasteiger partial charge in [-0.2, -0.15) is 5.26 Å². The molecular weight excluding hydrogens is 192 g/mol. The Hall–Kier alpha value is -0.850. The van der Waals surface area contributed by atoms with Gasteiger partial charge in [-0.25, -0.2) is 0 Å². The van der Waals surface area contributed by atoms with Gasteiger partial charge in [0, 0.05) is 15.8 Å². The number of hydrogen-bond donors (Lipinski definition) is 1. The van der Waals surface area contributed by atoms with E-state index in [4.69, 9.17) is 5.26 Å². The third-order valence-electron chi connectivity index (χ3n) is 2.42. The molecule has 1 aromatic heterocycles. The highest BCUT2D eigenvalue weighted by Gasteiger charge is 2.25. The summed E-state index contributed by atoms with van der Waals surface area (Å²) in [6.45, 7) is 2.14. The number of nitriles is 1. The first kappa shape index (κ1) is 9.70. The van der Waals surface area contributed by atoms with Crippen LogP contribution in [-0.4, -0.2) is 6.04 Å². The summed E-state index contributed by atoms with van der Waals surface area (Å²) >= 11 is 1.75. The lowest BCUT2D eigenvalue weighted by atomic mass is 10.2. The summed E-state index contributed by atoms with van der Waals surface area (Å²) in [6, 6.07) is 7.03. The molecule has 1 atom stereocenters. The van der Waals surface area contributed by atoms with E-state index in [9.17, 15) is 0 Å². The predicted octanol–water partition coefficient (Wildman–Crippen LogP) is 2.63. The molecule has 2 rings (SSSR count). The van der Waals surface area contributed by atoms with Gasteiger partial charge in [0.25, 0.3) is 0 Å². The predicted molar refractivity (Wildman–Crippen MR) is 58.2 cm³/mol. The van der Waals surface area contributed by atoms with Crippen LogP contribution in [-0.2, 0) is 6.42 Å². The fraction of sp³-hybridized carbons (Fsp3) is 0.545. The highest BCUT2D eigenvalue weighted by atomic mass is 32.1. The van der Waals surface area contributed by atoms with E-state index in [1.807, 2.05) is 0 Å². The van der Waals surface area contributed by atoms with Gasteiger partial charge in [-0.1, -0.05) is 6.92 Å². The molecule has 1 aliphatic carbocycles. The first-order chi connectivity index (χ1) is 6.83. The molecule has 3 heteroatoms. The lowest BCUT2D eigenvalue weighted by Gasteiger charge is -2.07. The number of thiophene rings is 1. The van der Waals surface area contributed by atoms with E-state index in [1.165, 1.54) is 17.7 Å². The Labute approximate surface area is 88.6 Å². The number of rotatable bonds is 4. The van der Waals surface area contributed by atoms with E-state index in [2.05, 4.69) is 30.4 Å². The monoisotopic (exact) mass is 206 g/mol. The maximum Gasteiger partial charge on any atom is 0.130 e. The number of aryl methyl sites for hydroxylation is 1. The molecule has 0 radical (unpaired) electrons. The van der Waals surface area contributed by atoms with Crippen molar-refractivity contribution in [3.8, 4) is 6.07 Å². The van der Waals surface area contributed by atoms with Crippen molar-refractivity contribution in [2.24, 2.45) is 0 Å². The van der Waals surface area contributed by atoms with Crippen LogP contribution in [0.1, 0.15) is 35.6 Å². The van der Waals surface area contributed by atoms with Gasteiger partial charge in [0.05, 0.1) is 6.07 Å². The number of nitrogens with one attached hydrogen (secondary N) is 1. The Bertz CT molecular complexity index is 346. The van der Waals surface area contributed by atoms with Gasteiger partial charge in [-0.3, -0.25) is 5.32 Å². The lowest BCUT2D eigenvalue weighted by Crippen LogP contribution is -2.20. The average Bonchev–Trinajstić information content (AvgIpc) is 2.90. The van der Waals surface area contributed by atoms with E-state index >= 15 is 0 Å². The molecule has 1 heterocycles. The standard InChI is InChI=1S/C11H14N2S/c1-2-9-5-6-11(14-9)10(7-12)13-8-3-4-8/h5-6,8,10,13H,2-4H2,1H3. The molecule has 0 saturated heterocycles. The highest BCUT2D eigenvalue weighted by Crippen LogP contribution is 2.28. The van der Waals surface area contributed by atoms with Crippen molar-refractivity contribution in [1.29, 1.82) is 5.26 Å². The van der Waals surface area contributed by atoms with Gasteiger partial charge in [-0.15, -0.1) is 11.3 Å². The molecule has 1 unspecified atom stereocenters. The molecule has 1 saturated carbocycles. The summed E-state index contributed by atoms with van der Waals surface area (Å²) in [4.78, 5) is 2.52. The number of nitrogens with zero attached hydrogens (tertiary/aromatic N) is 1. The molecule has 1 fully saturated rings. The van der Waals surface area contributed by atoms with Gasteiger partial charge in [-0.05, 0) is 31.4 Å². The SMILES string of the molecule is CCc1ccc(C(C#N)NC2CC2)s1. The van der Waals surface area contributed by atoms with Crippen molar-refractivity contribution in [3.05, 3.63) is 21.9 Å². The van der Waals surface area contributed by atoms with E-state index in [1.54, 1.807) is 11.3 Å². The van der Waals surface area contributed by atoms with Crippen LogP contribution in [0.5, 0.6) is 0 Å². The Morgan fingerprint density at radius 2 is 2.43 bits per heavy atom. The third-order valence-corrected chi connectivity index (χ3v) is 3.72. The van der Waals surface area contributed by atoms with E-state index in [0.717, 1.165) is 11.3 Å². The van der Waals surface area contributed by atoms with Gasteiger partial charge in [0.2, 0.25) is 0 Å².